The van der Waals surface area contributed by atoms with Gasteiger partial charge in [-0.15, -0.1) is 0 Å². The minimum Gasteiger partial charge on any atom is -0.395 e. The number of morpholine rings is 1. The molecule has 0 radical (unpaired) electrons. The summed E-state index contributed by atoms with van der Waals surface area (Å²) in [5, 5.41) is 8.85. The average Bonchev–Trinajstić information content (AvgIpc) is 2.29. The van der Waals surface area contributed by atoms with Gasteiger partial charge in [0.25, 0.3) is 0 Å². The molecule has 1 fully saturated rings. The Balaban J connectivity index is 2.03. The quantitative estimate of drug-likeness (QED) is 0.651. The highest BCUT2D eigenvalue weighted by molar-refractivity contribution is 4.63. The number of likely N-dealkylation sites (N-methyl/N-ethyl adjacent to an activating group) is 1. The Bertz CT molecular complexity index is 145. The number of hydrogen-bond donors (Lipinski definition) is 1. The molecule has 0 aromatic heterocycles. The molecule has 0 aliphatic carbocycles. The fourth-order valence-corrected chi connectivity index (χ4v) is 1.91. The Kier molecular flexibility index (Phi) is 6.92. The molecule has 0 bridgehead atoms. The molecular formula is C11H24N2O2. The lowest BCUT2D eigenvalue weighted by molar-refractivity contribution is 0.0359. The summed E-state index contributed by atoms with van der Waals surface area (Å²) in [7, 11) is 0. The summed E-state index contributed by atoms with van der Waals surface area (Å²) in [6.07, 6.45) is 1.19. The van der Waals surface area contributed by atoms with Crippen LogP contribution in [0.4, 0.5) is 0 Å². The fraction of sp³-hybridized carbons (Fsp3) is 1.00. The van der Waals surface area contributed by atoms with Crippen molar-refractivity contribution in [1.29, 1.82) is 0 Å². The predicted octanol–water partition coefficient (Wildman–Crippen LogP) is 0.0229. The molecule has 0 saturated carbocycles. The number of rotatable bonds is 7. The monoisotopic (exact) mass is 216 g/mol. The molecule has 90 valence electrons. The van der Waals surface area contributed by atoms with E-state index in [1.165, 1.54) is 6.42 Å². The molecule has 0 atom stereocenters. The summed E-state index contributed by atoms with van der Waals surface area (Å²) < 4.78 is 5.30. The highest BCUT2D eigenvalue weighted by atomic mass is 16.5. The largest absolute Gasteiger partial charge is 0.395 e. The maximum absolute atomic E-state index is 8.85. The van der Waals surface area contributed by atoms with Crippen LogP contribution in [-0.2, 0) is 4.74 Å². The Hall–Kier alpha value is -0.160. The molecule has 1 aliphatic rings. The third-order valence-corrected chi connectivity index (χ3v) is 2.92. The Morgan fingerprint density at radius 1 is 1.27 bits per heavy atom. The van der Waals surface area contributed by atoms with Gasteiger partial charge in [0, 0.05) is 19.6 Å². The highest BCUT2D eigenvalue weighted by Crippen LogP contribution is 1.99. The molecule has 4 nitrogen and oxygen atoms in total. The van der Waals surface area contributed by atoms with Gasteiger partial charge < -0.3 is 14.7 Å². The lowest BCUT2D eigenvalue weighted by atomic mass is 10.3. The van der Waals surface area contributed by atoms with Crippen molar-refractivity contribution in [2.75, 3.05) is 59.1 Å². The number of hydrogen-bond acceptors (Lipinski definition) is 4. The van der Waals surface area contributed by atoms with Crippen molar-refractivity contribution in [1.82, 2.24) is 9.80 Å². The van der Waals surface area contributed by atoms with Crippen molar-refractivity contribution < 1.29 is 9.84 Å². The molecule has 0 amide bonds. The van der Waals surface area contributed by atoms with Crippen LogP contribution in [-0.4, -0.2) is 74.0 Å². The third kappa shape index (κ3) is 5.47. The minimum absolute atomic E-state index is 0.269. The maximum Gasteiger partial charge on any atom is 0.0594 e. The Morgan fingerprint density at radius 2 is 2.00 bits per heavy atom. The summed E-state index contributed by atoms with van der Waals surface area (Å²) in [6.45, 7) is 10.4. The van der Waals surface area contributed by atoms with Crippen molar-refractivity contribution in [3.8, 4) is 0 Å². The molecule has 1 aliphatic heterocycles. The fourth-order valence-electron chi connectivity index (χ4n) is 1.91. The van der Waals surface area contributed by atoms with E-state index in [0.29, 0.717) is 0 Å². The van der Waals surface area contributed by atoms with Crippen molar-refractivity contribution >= 4 is 0 Å². The second kappa shape index (κ2) is 8.05. The molecule has 1 N–H and O–H groups in total. The van der Waals surface area contributed by atoms with E-state index >= 15 is 0 Å². The van der Waals surface area contributed by atoms with E-state index in [1.54, 1.807) is 0 Å². The van der Waals surface area contributed by atoms with Gasteiger partial charge >= 0.3 is 0 Å². The molecule has 0 spiro atoms. The molecule has 1 saturated heterocycles. The number of ether oxygens (including phenoxy) is 1. The van der Waals surface area contributed by atoms with Crippen molar-refractivity contribution in [2.24, 2.45) is 0 Å². The van der Waals surface area contributed by atoms with Crippen molar-refractivity contribution in [3.05, 3.63) is 0 Å². The van der Waals surface area contributed by atoms with Gasteiger partial charge in [-0.3, -0.25) is 4.90 Å². The normalized spacial score (nSPS) is 18.6. The van der Waals surface area contributed by atoms with Gasteiger partial charge in [0.2, 0.25) is 0 Å². The van der Waals surface area contributed by atoms with E-state index < -0.39 is 0 Å². The van der Waals surface area contributed by atoms with E-state index in [2.05, 4.69) is 16.7 Å². The molecule has 4 heteroatoms. The molecule has 0 aromatic rings. The van der Waals surface area contributed by atoms with Gasteiger partial charge in [-0.2, -0.15) is 0 Å². The van der Waals surface area contributed by atoms with E-state index in [4.69, 9.17) is 9.84 Å². The third-order valence-electron chi connectivity index (χ3n) is 2.92. The van der Waals surface area contributed by atoms with Crippen LogP contribution in [0.1, 0.15) is 13.3 Å². The van der Waals surface area contributed by atoms with Crippen LogP contribution in [0, 0.1) is 0 Å². The highest BCUT2D eigenvalue weighted by Gasteiger charge is 2.10. The summed E-state index contributed by atoms with van der Waals surface area (Å²) in [5.41, 5.74) is 0. The van der Waals surface area contributed by atoms with Crippen LogP contribution >= 0.6 is 0 Å². The first-order valence-corrected chi connectivity index (χ1v) is 6.00. The summed E-state index contributed by atoms with van der Waals surface area (Å²) >= 11 is 0. The molecule has 0 unspecified atom stereocenters. The first kappa shape index (κ1) is 12.9. The van der Waals surface area contributed by atoms with Crippen LogP contribution in [0.3, 0.4) is 0 Å². The van der Waals surface area contributed by atoms with Gasteiger partial charge in [0.15, 0.2) is 0 Å². The Morgan fingerprint density at radius 3 is 2.60 bits per heavy atom. The molecule has 1 rings (SSSR count). The second-order valence-corrected chi connectivity index (χ2v) is 3.97. The van der Waals surface area contributed by atoms with Gasteiger partial charge in [-0.1, -0.05) is 6.92 Å². The van der Waals surface area contributed by atoms with E-state index in [-0.39, 0.29) is 6.61 Å². The van der Waals surface area contributed by atoms with Crippen LogP contribution < -0.4 is 0 Å². The van der Waals surface area contributed by atoms with Gasteiger partial charge in [-0.05, 0) is 26.1 Å². The lowest BCUT2D eigenvalue weighted by Crippen LogP contribution is -2.38. The van der Waals surface area contributed by atoms with Crippen LogP contribution in [0.5, 0.6) is 0 Å². The van der Waals surface area contributed by atoms with E-state index in [9.17, 15) is 0 Å². The summed E-state index contributed by atoms with van der Waals surface area (Å²) in [5.74, 6) is 0. The smallest absolute Gasteiger partial charge is 0.0594 e. The van der Waals surface area contributed by atoms with Gasteiger partial charge in [0.1, 0.15) is 0 Å². The SMILES string of the molecule is CCN(CCO)CCCN1CCOCC1. The van der Waals surface area contributed by atoms with Crippen LogP contribution in [0.15, 0.2) is 0 Å². The van der Waals surface area contributed by atoms with E-state index in [0.717, 1.165) is 52.5 Å². The Labute approximate surface area is 92.8 Å². The lowest BCUT2D eigenvalue weighted by Gasteiger charge is -2.27. The van der Waals surface area contributed by atoms with E-state index in [1.807, 2.05) is 0 Å². The molecule has 15 heavy (non-hydrogen) atoms. The zero-order valence-corrected chi connectivity index (χ0v) is 9.82. The average molecular weight is 216 g/mol. The first-order valence-electron chi connectivity index (χ1n) is 6.00. The summed E-state index contributed by atoms with van der Waals surface area (Å²) in [6, 6.07) is 0. The van der Waals surface area contributed by atoms with Crippen LogP contribution in [0.2, 0.25) is 0 Å². The standard InChI is InChI=1S/C11H24N2O2/c1-2-12(6-9-14)4-3-5-13-7-10-15-11-8-13/h14H,2-11H2,1H3. The molecular weight excluding hydrogens is 192 g/mol. The van der Waals surface area contributed by atoms with Crippen molar-refractivity contribution in [2.45, 2.75) is 13.3 Å². The predicted molar refractivity (Wildman–Crippen MR) is 61.1 cm³/mol. The second-order valence-electron chi connectivity index (χ2n) is 3.97. The summed E-state index contributed by atoms with van der Waals surface area (Å²) in [4.78, 5) is 4.75. The maximum atomic E-state index is 8.85. The van der Waals surface area contributed by atoms with Crippen LogP contribution in [0.25, 0.3) is 0 Å². The zero-order valence-electron chi connectivity index (χ0n) is 9.82. The number of aliphatic hydroxyl groups is 1. The number of aliphatic hydroxyl groups excluding tert-OH is 1. The minimum atomic E-state index is 0.269. The first-order chi connectivity index (χ1) is 7.36. The van der Waals surface area contributed by atoms with Gasteiger partial charge in [-0.25, -0.2) is 0 Å². The zero-order chi connectivity index (χ0) is 10.9. The molecule has 0 aromatic carbocycles. The van der Waals surface area contributed by atoms with Crippen molar-refractivity contribution in [3.63, 3.8) is 0 Å². The number of nitrogens with zero attached hydrogens (tertiary/aromatic N) is 2. The molecule has 1 heterocycles. The van der Waals surface area contributed by atoms with Gasteiger partial charge in [0.05, 0.1) is 19.8 Å². The topological polar surface area (TPSA) is 35.9 Å².